The molecule has 1 aliphatic heterocycles. The molecule has 3 aromatic rings. The van der Waals surface area contributed by atoms with Crippen molar-refractivity contribution in [1.82, 2.24) is 15.2 Å². The van der Waals surface area contributed by atoms with Crippen molar-refractivity contribution in [1.29, 1.82) is 0 Å². The minimum atomic E-state index is -1.10. The average molecular weight is 526 g/mol. The van der Waals surface area contributed by atoms with E-state index in [9.17, 15) is 14.7 Å². The SMILES string of the molecule is CC(C)[C@@H](NC(=O)c1cncc(-c2cccs2)c1)C(=O)N1CC[C@](O)(c2ccc(Cl)cc2)C(C)(C)C1. The molecular weight excluding hydrogens is 494 g/mol. The van der Waals surface area contributed by atoms with Crippen molar-refractivity contribution >= 4 is 34.8 Å². The third-order valence-corrected chi connectivity index (χ3v) is 8.28. The lowest BCUT2D eigenvalue weighted by atomic mass is 9.66. The number of pyridine rings is 1. The molecule has 190 valence electrons. The molecule has 0 aliphatic carbocycles. The van der Waals surface area contributed by atoms with E-state index in [-0.39, 0.29) is 17.7 Å². The number of amides is 2. The van der Waals surface area contributed by atoms with Crippen molar-refractivity contribution in [2.24, 2.45) is 11.3 Å². The Morgan fingerprint density at radius 3 is 2.50 bits per heavy atom. The summed E-state index contributed by atoms with van der Waals surface area (Å²) >= 11 is 7.62. The maximum Gasteiger partial charge on any atom is 0.253 e. The maximum atomic E-state index is 13.6. The summed E-state index contributed by atoms with van der Waals surface area (Å²) in [6, 6.07) is 12.3. The van der Waals surface area contributed by atoms with Crippen LogP contribution < -0.4 is 5.32 Å². The lowest BCUT2D eigenvalue weighted by Gasteiger charge is -2.51. The van der Waals surface area contributed by atoms with Crippen LogP contribution in [0.15, 0.2) is 60.2 Å². The first kappa shape index (κ1) is 26.3. The second kappa shape index (κ2) is 10.3. The molecule has 2 aromatic heterocycles. The molecule has 0 spiro atoms. The second-order valence-electron chi connectivity index (χ2n) is 10.4. The van der Waals surface area contributed by atoms with E-state index in [0.29, 0.717) is 30.1 Å². The number of nitrogens with zero attached hydrogens (tertiary/aromatic N) is 2. The van der Waals surface area contributed by atoms with E-state index in [4.69, 9.17) is 11.6 Å². The Hall–Kier alpha value is -2.74. The Morgan fingerprint density at radius 2 is 1.89 bits per heavy atom. The van der Waals surface area contributed by atoms with Crippen LogP contribution in [-0.4, -0.2) is 45.9 Å². The first-order chi connectivity index (χ1) is 17.0. The van der Waals surface area contributed by atoms with Crippen LogP contribution in [0.2, 0.25) is 5.02 Å². The molecule has 0 radical (unpaired) electrons. The molecular formula is C28H32ClN3O3S. The third kappa shape index (κ3) is 5.19. The Kier molecular flexibility index (Phi) is 7.55. The Morgan fingerprint density at radius 1 is 1.17 bits per heavy atom. The number of piperidine rings is 1. The van der Waals surface area contributed by atoms with Crippen LogP contribution in [0.1, 0.15) is 50.0 Å². The smallest absolute Gasteiger partial charge is 0.253 e. The molecule has 2 atom stereocenters. The summed E-state index contributed by atoms with van der Waals surface area (Å²) in [5, 5.41) is 17.2. The van der Waals surface area contributed by atoms with Gasteiger partial charge in [0.15, 0.2) is 0 Å². The Labute approximate surface area is 221 Å². The first-order valence-electron chi connectivity index (χ1n) is 12.1. The first-order valence-corrected chi connectivity index (χ1v) is 13.3. The van der Waals surface area contributed by atoms with Gasteiger partial charge in [0.2, 0.25) is 5.91 Å². The summed E-state index contributed by atoms with van der Waals surface area (Å²) in [5.41, 5.74) is 0.355. The number of likely N-dealkylation sites (tertiary alicyclic amines) is 1. The van der Waals surface area contributed by atoms with Crippen LogP contribution in [0.5, 0.6) is 0 Å². The molecule has 2 N–H and O–H groups in total. The maximum absolute atomic E-state index is 13.6. The van der Waals surface area contributed by atoms with Gasteiger partial charge in [-0.25, -0.2) is 0 Å². The monoisotopic (exact) mass is 525 g/mol. The van der Waals surface area contributed by atoms with Crippen LogP contribution in [0.3, 0.4) is 0 Å². The molecule has 1 saturated heterocycles. The third-order valence-electron chi connectivity index (χ3n) is 7.11. The van der Waals surface area contributed by atoms with Gasteiger partial charge in [0.25, 0.3) is 5.91 Å². The van der Waals surface area contributed by atoms with Crippen LogP contribution in [0.4, 0.5) is 0 Å². The lowest BCUT2D eigenvalue weighted by molar-refractivity contribution is -0.155. The number of thiophene rings is 1. The summed E-state index contributed by atoms with van der Waals surface area (Å²) < 4.78 is 0. The van der Waals surface area contributed by atoms with Crippen molar-refractivity contribution in [3.05, 3.63) is 76.4 Å². The largest absolute Gasteiger partial charge is 0.384 e. The summed E-state index contributed by atoms with van der Waals surface area (Å²) in [4.78, 5) is 33.8. The Balaban J connectivity index is 1.50. The summed E-state index contributed by atoms with van der Waals surface area (Å²) in [5.74, 6) is -0.594. The second-order valence-corrected chi connectivity index (χ2v) is 11.8. The van der Waals surface area contributed by atoms with Gasteiger partial charge >= 0.3 is 0 Å². The zero-order valence-corrected chi connectivity index (χ0v) is 22.6. The Bertz CT molecular complexity index is 1230. The highest BCUT2D eigenvalue weighted by Crippen LogP contribution is 2.46. The molecule has 6 nitrogen and oxygen atoms in total. The fraction of sp³-hybridized carbons (Fsp3) is 0.393. The fourth-order valence-electron chi connectivity index (χ4n) is 4.85. The summed E-state index contributed by atoms with van der Waals surface area (Å²) in [7, 11) is 0. The van der Waals surface area contributed by atoms with Gasteiger partial charge in [-0.1, -0.05) is 57.5 Å². The van der Waals surface area contributed by atoms with Gasteiger partial charge < -0.3 is 15.3 Å². The van der Waals surface area contributed by atoms with E-state index in [1.165, 1.54) is 6.20 Å². The van der Waals surface area contributed by atoms with Gasteiger partial charge in [-0.05, 0) is 47.5 Å². The van der Waals surface area contributed by atoms with E-state index in [0.717, 1.165) is 16.0 Å². The van der Waals surface area contributed by atoms with Gasteiger partial charge in [0, 0.05) is 46.4 Å². The van der Waals surface area contributed by atoms with Gasteiger partial charge in [-0.3, -0.25) is 14.6 Å². The molecule has 36 heavy (non-hydrogen) atoms. The minimum Gasteiger partial charge on any atom is -0.384 e. The number of benzene rings is 1. The number of rotatable bonds is 6. The van der Waals surface area contributed by atoms with Gasteiger partial charge in [-0.2, -0.15) is 0 Å². The van der Waals surface area contributed by atoms with E-state index in [2.05, 4.69) is 10.3 Å². The molecule has 1 aromatic carbocycles. The van der Waals surface area contributed by atoms with Gasteiger partial charge in [0.1, 0.15) is 6.04 Å². The topological polar surface area (TPSA) is 82.5 Å². The molecule has 2 amide bonds. The molecule has 1 fully saturated rings. The number of halogens is 1. The van der Waals surface area contributed by atoms with Crippen LogP contribution in [0, 0.1) is 11.3 Å². The molecule has 4 rings (SSSR count). The van der Waals surface area contributed by atoms with Crippen LogP contribution >= 0.6 is 22.9 Å². The van der Waals surface area contributed by atoms with E-state index in [1.807, 2.05) is 57.3 Å². The highest BCUT2D eigenvalue weighted by atomic mass is 35.5. The van der Waals surface area contributed by atoms with Crippen molar-refractivity contribution in [3.8, 4) is 10.4 Å². The van der Waals surface area contributed by atoms with E-state index >= 15 is 0 Å². The van der Waals surface area contributed by atoms with Gasteiger partial charge in [0.05, 0.1) is 11.2 Å². The number of hydrogen-bond donors (Lipinski definition) is 2. The number of nitrogens with one attached hydrogen (secondary N) is 1. The molecule has 1 aliphatic rings. The van der Waals surface area contributed by atoms with Crippen LogP contribution in [-0.2, 0) is 10.4 Å². The number of aliphatic hydroxyl groups is 1. The zero-order valence-electron chi connectivity index (χ0n) is 21.0. The molecule has 8 heteroatoms. The minimum absolute atomic E-state index is 0.116. The predicted octanol–water partition coefficient (Wildman–Crippen LogP) is 5.36. The number of aromatic nitrogens is 1. The average Bonchev–Trinajstić information content (AvgIpc) is 3.39. The van der Waals surface area contributed by atoms with Crippen LogP contribution in [0.25, 0.3) is 10.4 Å². The van der Waals surface area contributed by atoms with Crippen molar-refractivity contribution in [3.63, 3.8) is 0 Å². The number of carbonyl (C=O) groups excluding carboxylic acids is 2. The highest BCUT2D eigenvalue weighted by molar-refractivity contribution is 7.13. The number of carbonyl (C=O) groups is 2. The molecule has 0 unspecified atom stereocenters. The summed E-state index contributed by atoms with van der Waals surface area (Å²) in [6.07, 6.45) is 3.63. The normalized spacial score (nSPS) is 20.2. The summed E-state index contributed by atoms with van der Waals surface area (Å²) in [6.45, 7) is 8.51. The van der Waals surface area contributed by atoms with Crippen molar-refractivity contribution in [2.45, 2.75) is 45.8 Å². The van der Waals surface area contributed by atoms with E-state index < -0.39 is 17.1 Å². The van der Waals surface area contributed by atoms with E-state index in [1.54, 1.807) is 40.6 Å². The quantitative estimate of drug-likeness (QED) is 0.453. The molecule has 3 heterocycles. The van der Waals surface area contributed by atoms with Gasteiger partial charge in [-0.15, -0.1) is 11.3 Å². The zero-order chi connectivity index (χ0) is 26.1. The lowest BCUT2D eigenvalue weighted by Crippen LogP contribution is -2.60. The predicted molar refractivity (Wildman–Crippen MR) is 144 cm³/mol. The van der Waals surface area contributed by atoms with Crippen molar-refractivity contribution in [2.75, 3.05) is 13.1 Å². The van der Waals surface area contributed by atoms with Crippen molar-refractivity contribution < 1.29 is 14.7 Å². The highest BCUT2D eigenvalue weighted by Gasteiger charge is 2.50. The molecule has 0 saturated carbocycles. The fourth-order valence-corrected chi connectivity index (χ4v) is 5.68. The molecule has 0 bridgehead atoms. The number of hydrogen-bond acceptors (Lipinski definition) is 5. The standard InChI is InChI=1S/C28H32ClN3O3S/c1-18(2)24(31-25(33)20-14-19(15-30-16-20)23-6-5-13-36-23)26(34)32-12-11-28(35,27(3,4)17-32)21-7-9-22(29)10-8-21/h5-10,13-16,18,24,35H,11-12,17H2,1-4H3,(H,31,33)/t24-,28+/m1/s1.